The zero-order chi connectivity index (χ0) is 12.0. The zero-order valence-electron chi connectivity index (χ0n) is 9.90. The lowest BCUT2D eigenvalue weighted by Crippen LogP contribution is -2.23. The number of ether oxygens (including phenoxy) is 1. The van der Waals surface area contributed by atoms with Gasteiger partial charge in [-0.1, -0.05) is 18.2 Å². The van der Waals surface area contributed by atoms with Gasteiger partial charge in [0.25, 0.3) is 0 Å². The molecule has 0 spiro atoms. The Kier molecular flexibility index (Phi) is 2.11. The van der Waals surface area contributed by atoms with E-state index in [9.17, 15) is 5.11 Å². The van der Waals surface area contributed by atoms with Gasteiger partial charge < -0.3 is 9.84 Å². The first kappa shape index (κ1) is 10.2. The van der Waals surface area contributed by atoms with Crippen LogP contribution in [-0.4, -0.2) is 11.2 Å². The molecule has 1 heterocycles. The number of benzene rings is 1. The lowest BCUT2D eigenvalue weighted by atomic mass is 9.90. The molecule has 1 aliphatic carbocycles. The van der Waals surface area contributed by atoms with Gasteiger partial charge in [-0.2, -0.15) is 0 Å². The number of aryl methyl sites for hydroxylation is 1. The van der Waals surface area contributed by atoms with E-state index in [4.69, 9.17) is 4.74 Å². The summed E-state index contributed by atoms with van der Waals surface area (Å²) in [4.78, 5) is 0. The quantitative estimate of drug-likeness (QED) is 0.733. The van der Waals surface area contributed by atoms with Crippen molar-refractivity contribution in [1.29, 1.82) is 0 Å². The Morgan fingerprint density at radius 2 is 2.00 bits per heavy atom. The molecule has 0 fully saturated rings. The maximum absolute atomic E-state index is 9.51. The van der Waals surface area contributed by atoms with Gasteiger partial charge in [-0.3, -0.25) is 0 Å². The van der Waals surface area contributed by atoms with Crippen molar-refractivity contribution in [2.45, 2.75) is 20.0 Å². The van der Waals surface area contributed by atoms with Gasteiger partial charge in [0.15, 0.2) is 0 Å². The van der Waals surface area contributed by atoms with E-state index in [1.165, 1.54) is 11.1 Å². The smallest absolute Gasteiger partial charge is 0.146 e. The number of aliphatic hydroxyl groups is 1. The van der Waals surface area contributed by atoms with Crippen LogP contribution in [0.5, 0.6) is 5.75 Å². The number of hydrogen-bond donors (Lipinski definition) is 1. The average Bonchev–Trinajstić information content (AvgIpc) is 2.28. The van der Waals surface area contributed by atoms with Crippen LogP contribution in [0.3, 0.4) is 0 Å². The van der Waals surface area contributed by atoms with Crippen LogP contribution in [0, 0.1) is 6.92 Å². The van der Waals surface area contributed by atoms with Crippen LogP contribution in [0.1, 0.15) is 18.1 Å². The van der Waals surface area contributed by atoms with Crippen LogP contribution in [0.2, 0.25) is 0 Å². The summed E-state index contributed by atoms with van der Waals surface area (Å²) in [6, 6.07) is 6.22. The van der Waals surface area contributed by atoms with Gasteiger partial charge in [0, 0.05) is 17.2 Å². The van der Waals surface area contributed by atoms with Gasteiger partial charge in [-0.25, -0.2) is 0 Å². The second kappa shape index (κ2) is 3.52. The van der Waals surface area contributed by atoms with E-state index >= 15 is 0 Å². The lowest BCUT2D eigenvalue weighted by molar-refractivity contribution is 0.272. The number of fused-ring (bicyclic) bond motifs is 2. The van der Waals surface area contributed by atoms with E-state index in [0.29, 0.717) is 0 Å². The second-order valence-electron chi connectivity index (χ2n) is 4.54. The molecule has 86 valence electrons. The summed E-state index contributed by atoms with van der Waals surface area (Å²) in [5.74, 6) is 1.17. The Morgan fingerprint density at radius 1 is 1.18 bits per heavy atom. The summed E-state index contributed by atoms with van der Waals surface area (Å²) in [6.45, 7) is 4.14. The number of hydrogen-bond acceptors (Lipinski definition) is 2. The van der Waals surface area contributed by atoms with E-state index in [1.54, 1.807) is 12.2 Å². The molecule has 0 amide bonds. The predicted octanol–water partition coefficient (Wildman–Crippen LogP) is 3.54. The monoisotopic (exact) mass is 226 g/mol. The molecule has 1 aromatic carbocycles. The summed E-state index contributed by atoms with van der Waals surface area (Å²) in [5.41, 5.74) is 4.66. The highest BCUT2D eigenvalue weighted by Gasteiger charge is 2.25. The van der Waals surface area contributed by atoms with Crippen molar-refractivity contribution in [3.63, 3.8) is 0 Å². The second-order valence-corrected chi connectivity index (χ2v) is 4.54. The van der Waals surface area contributed by atoms with E-state index < -0.39 is 0 Å². The summed E-state index contributed by atoms with van der Waals surface area (Å²) in [6.07, 6.45) is 5.22. The molecule has 1 unspecified atom stereocenters. The Morgan fingerprint density at radius 3 is 2.82 bits per heavy atom. The van der Waals surface area contributed by atoms with E-state index in [0.717, 1.165) is 16.9 Å². The molecular formula is C15H14O2. The fourth-order valence-electron chi connectivity index (χ4n) is 2.34. The SMILES string of the molecule is CC1=C2C=CC(O)=CC2Oc2cc(C)ccc21. The van der Waals surface area contributed by atoms with Crippen LogP contribution in [0.25, 0.3) is 5.57 Å². The first-order chi connectivity index (χ1) is 8.15. The van der Waals surface area contributed by atoms with Crippen molar-refractivity contribution in [3.05, 3.63) is 58.9 Å². The van der Waals surface area contributed by atoms with Gasteiger partial charge >= 0.3 is 0 Å². The molecule has 0 aromatic heterocycles. The molecule has 0 saturated carbocycles. The summed E-state index contributed by atoms with van der Waals surface area (Å²) >= 11 is 0. The van der Waals surface area contributed by atoms with E-state index in [1.807, 2.05) is 19.1 Å². The molecule has 2 nitrogen and oxygen atoms in total. The van der Waals surface area contributed by atoms with Gasteiger partial charge in [0.1, 0.15) is 17.6 Å². The van der Waals surface area contributed by atoms with E-state index in [-0.39, 0.29) is 11.9 Å². The minimum Gasteiger partial charge on any atom is -0.508 e. The number of rotatable bonds is 0. The third-order valence-electron chi connectivity index (χ3n) is 3.29. The third kappa shape index (κ3) is 1.57. The first-order valence-electron chi connectivity index (χ1n) is 5.72. The normalized spacial score (nSPS) is 21.5. The molecule has 1 atom stereocenters. The topological polar surface area (TPSA) is 29.5 Å². The van der Waals surface area contributed by atoms with Crippen molar-refractivity contribution in [2.24, 2.45) is 0 Å². The van der Waals surface area contributed by atoms with Crippen molar-refractivity contribution >= 4 is 5.57 Å². The summed E-state index contributed by atoms with van der Waals surface area (Å²) in [7, 11) is 0. The summed E-state index contributed by atoms with van der Waals surface area (Å²) in [5, 5.41) is 9.51. The van der Waals surface area contributed by atoms with Gasteiger partial charge in [-0.05, 0) is 37.1 Å². The van der Waals surface area contributed by atoms with Crippen LogP contribution in [0.4, 0.5) is 0 Å². The third-order valence-corrected chi connectivity index (χ3v) is 3.29. The predicted molar refractivity (Wildman–Crippen MR) is 68.0 cm³/mol. The molecule has 3 rings (SSSR count). The average molecular weight is 226 g/mol. The molecular weight excluding hydrogens is 212 g/mol. The van der Waals surface area contributed by atoms with Crippen molar-refractivity contribution in [3.8, 4) is 5.75 Å². The van der Waals surface area contributed by atoms with Gasteiger partial charge in [0.05, 0.1) is 0 Å². The zero-order valence-corrected chi connectivity index (χ0v) is 9.90. The maximum Gasteiger partial charge on any atom is 0.146 e. The van der Waals surface area contributed by atoms with E-state index in [2.05, 4.69) is 19.1 Å². The van der Waals surface area contributed by atoms with Crippen molar-refractivity contribution < 1.29 is 9.84 Å². The highest BCUT2D eigenvalue weighted by molar-refractivity contribution is 5.77. The van der Waals surface area contributed by atoms with Crippen molar-refractivity contribution in [1.82, 2.24) is 0 Å². The van der Waals surface area contributed by atoms with Crippen LogP contribution in [-0.2, 0) is 0 Å². The fraction of sp³-hybridized carbons (Fsp3) is 0.200. The Balaban J connectivity index is 2.17. The maximum atomic E-state index is 9.51. The molecule has 0 saturated heterocycles. The van der Waals surface area contributed by atoms with Gasteiger partial charge in [0.2, 0.25) is 0 Å². The Bertz CT molecular complexity index is 577. The number of allylic oxidation sites excluding steroid dienone is 2. The van der Waals surface area contributed by atoms with Crippen LogP contribution >= 0.6 is 0 Å². The molecule has 2 aliphatic rings. The highest BCUT2D eigenvalue weighted by atomic mass is 16.5. The van der Waals surface area contributed by atoms with Crippen LogP contribution < -0.4 is 4.74 Å². The standard InChI is InChI=1S/C15H14O2/c1-9-3-5-12-10(2)13-6-4-11(16)8-15(13)17-14(12)7-9/h3-8,15-16H,1-2H3. The molecule has 0 radical (unpaired) electrons. The molecule has 2 heteroatoms. The number of aliphatic hydroxyl groups excluding tert-OH is 1. The molecule has 0 bridgehead atoms. The first-order valence-corrected chi connectivity index (χ1v) is 5.72. The Labute approximate surface area is 101 Å². The molecule has 1 aliphatic heterocycles. The van der Waals surface area contributed by atoms with Crippen molar-refractivity contribution in [2.75, 3.05) is 0 Å². The highest BCUT2D eigenvalue weighted by Crippen LogP contribution is 2.38. The van der Waals surface area contributed by atoms with Crippen LogP contribution in [0.15, 0.2) is 47.8 Å². The summed E-state index contributed by atoms with van der Waals surface area (Å²) < 4.78 is 5.91. The Hall–Kier alpha value is -1.96. The fourth-order valence-corrected chi connectivity index (χ4v) is 2.34. The van der Waals surface area contributed by atoms with Gasteiger partial charge in [-0.15, -0.1) is 0 Å². The molecule has 1 N–H and O–H groups in total. The minimum atomic E-state index is -0.158. The molecule has 1 aromatic rings. The molecule has 17 heavy (non-hydrogen) atoms. The minimum absolute atomic E-state index is 0.158. The largest absolute Gasteiger partial charge is 0.508 e. The lowest BCUT2D eigenvalue weighted by Gasteiger charge is -2.29.